The molecule has 4 rings (SSSR count). The Bertz CT molecular complexity index is 863. The summed E-state index contributed by atoms with van der Waals surface area (Å²) < 4.78 is 1.85. The van der Waals surface area contributed by atoms with Gasteiger partial charge >= 0.3 is 0 Å². The van der Waals surface area contributed by atoms with E-state index >= 15 is 0 Å². The highest BCUT2D eigenvalue weighted by atomic mass is 35.5. The Hall–Kier alpha value is -2.15. The Labute approximate surface area is 162 Å². The smallest absolute Gasteiger partial charge is 0.274 e. The van der Waals surface area contributed by atoms with Crippen LogP contribution in [0.25, 0.3) is 16.3 Å². The van der Waals surface area contributed by atoms with Crippen LogP contribution < -0.4 is 5.73 Å². The van der Waals surface area contributed by atoms with Crippen molar-refractivity contribution in [2.24, 2.45) is 5.73 Å². The van der Waals surface area contributed by atoms with Crippen molar-refractivity contribution in [2.75, 3.05) is 13.1 Å². The summed E-state index contributed by atoms with van der Waals surface area (Å²) in [6.07, 6.45) is 1.92. The lowest BCUT2D eigenvalue weighted by Gasteiger charge is -2.30. The molecule has 0 aliphatic carbocycles. The van der Waals surface area contributed by atoms with Gasteiger partial charge in [0.15, 0.2) is 5.69 Å². The van der Waals surface area contributed by atoms with Crippen LogP contribution >= 0.6 is 23.7 Å². The maximum atomic E-state index is 12.9. The monoisotopic (exact) mass is 388 g/mol. The summed E-state index contributed by atoms with van der Waals surface area (Å²) in [6.45, 7) is 1.35. The van der Waals surface area contributed by atoms with Gasteiger partial charge in [-0.05, 0) is 42.5 Å². The quantitative estimate of drug-likeness (QED) is 0.745. The second kappa shape index (κ2) is 8.03. The number of aromatic nitrogens is 2. The molecule has 26 heavy (non-hydrogen) atoms. The van der Waals surface area contributed by atoms with Crippen molar-refractivity contribution < 1.29 is 4.79 Å². The first-order valence-corrected chi connectivity index (χ1v) is 9.34. The van der Waals surface area contributed by atoms with Gasteiger partial charge in [-0.25, -0.2) is 4.68 Å². The summed E-state index contributed by atoms with van der Waals surface area (Å²) in [6, 6.07) is 15.9. The van der Waals surface area contributed by atoms with Gasteiger partial charge in [0, 0.05) is 19.1 Å². The number of nitrogens with two attached hydrogens (primary N) is 1. The summed E-state index contributed by atoms with van der Waals surface area (Å²) in [7, 11) is 0. The second-order valence-corrected chi connectivity index (χ2v) is 7.24. The van der Waals surface area contributed by atoms with E-state index in [2.05, 4.69) is 5.10 Å². The van der Waals surface area contributed by atoms with Crippen molar-refractivity contribution in [3.8, 4) is 16.3 Å². The van der Waals surface area contributed by atoms with E-state index in [-0.39, 0.29) is 24.4 Å². The van der Waals surface area contributed by atoms with Crippen molar-refractivity contribution in [3.63, 3.8) is 0 Å². The fraction of sp³-hybridized carbons (Fsp3) is 0.263. The summed E-state index contributed by atoms with van der Waals surface area (Å²) in [4.78, 5) is 15.8. The standard InChI is InChI=1S/C19H20N4OS.ClH/c20-14-6-4-10-22(13-14)19(24)16-12-17(18-9-5-11-25-18)23(21-16)15-7-2-1-3-8-15;/h1-3,5,7-9,11-12,14H,4,6,10,13,20H2;1H. The summed E-state index contributed by atoms with van der Waals surface area (Å²) in [5.41, 5.74) is 8.38. The van der Waals surface area contributed by atoms with Crippen LogP contribution in [0.2, 0.25) is 0 Å². The van der Waals surface area contributed by atoms with Crippen LogP contribution in [0.4, 0.5) is 0 Å². The molecule has 1 unspecified atom stereocenters. The minimum absolute atomic E-state index is 0. The maximum Gasteiger partial charge on any atom is 0.274 e. The van der Waals surface area contributed by atoms with E-state index in [1.54, 1.807) is 11.3 Å². The predicted molar refractivity (Wildman–Crippen MR) is 107 cm³/mol. The van der Waals surface area contributed by atoms with E-state index < -0.39 is 0 Å². The normalized spacial score (nSPS) is 17.0. The minimum Gasteiger partial charge on any atom is -0.336 e. The number of benzene rings is 1. The molecule has 3 aromatic rings. The average Bonchev–Trinajstić information content (AvgIpc) is 3.31. The Morgan fingerprint density at radius 1 is 1.19 bits per heavy atom. The molecular weight excluding hydrogens is 368 g/mol. The Morgan fingerprint density at radius 2 is 2.00 bits per heavy atom. The van der Waals surface area contributed by atoms with Gasteiger partial charge in [-0.1, -0.05) is 24.3 Å². The van der Waals surface area contributed by atoms with E-state index in [1.165, 1.54) is 0 Å². The van der Waals surface area contributed by atoms with E-state index in [0.717, 1.165) is 35.6 Å². The van der Waals surface area contributed by atoms with Crippen LogP contribution in [-0.2, 0) is 0 Å². The van der Waals surface area contributed by atoms with Crippen molar-refractivity contribution in [1.82, 2.24) is 14.7 Å². The zero-order chi connectivity index (χ0) is 17.2. The van der Waals surface area contributed by atoms with Gasteiger partial charge in [0.1, 0.15) is 0 Å². The number of amides is 1. The maximum absolute atomic E-state index is 12.9. The van der Waals surface area contributed by atoms with Crippen molar-refractivity contribution in [3.05, 3.63) is 59.6 Å². The fourth-order valence-corrected chi connectivity index (χ4v) is 3.93. The molecule has 3 heterocycles. The molecule has 136 valence electrons. The van der Waals surface area contributed by atoms with Crippen LogP contribution in [0, 0.1) is 0 Å². The number of halogens is 1. The number of likely N-dealkylation sites (tertiary alicyclic amines) is 1. The third-order valence-electron chi connectivity index (χ3n) is 4.45. The second-order valence-electron chi connectivity index (χ2n) is 6.29. The van der Waals surface area contributed by atoms with Gasteiger partial charge < -0.3 is 10.6 Å². The Morgan fingerprint density at radius 3 is 2.69 bits per heavy atom. The van der Waals surface area contributed by atoms with E-state index in [4.69, 9.17) is 5.73 Å². The SMILES string of the molecule is Cl.NC1CCCN(C(=O)c2cc(-c3cccs3)n(-c3ccccc3)n2)C1. The highest BCUT2D eigenvalue weighted by Gasteiger charge is 2.25. The van der Waals surface area contributed by atoms with Crippen LogP contribution in [0.1, 0.15) is 23.3 Å². The molecule has 0 bridgehead atoms. The highest BCUT2D eigenvalue weighted by Crippen LogP contribution is 2.28. The molecule has 1 aliphatic heterocycles. The number of thiophene rings is 1. The number of rotatable bonds is 3. The van der Waals surface area contributed by atoms with E-state index in [0.29, 0.717) is 12.2 Å². The zero-order valence-electron chi connectivity index (χ0n) is 14.2. The van der Waals surface area contributed by atoms with Gasteiger partial charge in [-0.15, -0.1) is 23.7 Å². The third kappa shape index (κ3) is 3.67. The summed E-state index contributed by atoms with van der Waals surface area (Å²) in [5.74, 6) is -0.0392. The number of piperidine rings is 1. The molecule has 1 fully saturated rings. The molecule has 0 spiro atoms. The predicted octanol–water partition coefficient (Wildman–Crippen LogP) is 3.59. The lowest BCUT2D eigenvalue weighted by molar-refractivity contribution is 0.0702. The molecule has 2 aromatic heterocycles. The minimum atomic E-state index is -0.0392. The number of carbonyl (C=O) groups excluding carboxylic acids is 1. The Balaban J connectivity index is 0.00000196. The van der Waals surface area contributed by atoms with Crippen LogP contribution in [0.3, 0.4) is 0 Å². The number of nitrogens with zero attached hydrogens (tertiary/aromatic N) is 3. The highest BCUT2D eigenvalue weighted by molar-refractivity contribution is 7.13. The average molecular weight is 389 g/mol. The summed E-state index contributed by atoms with van der Waals surface area (Å²) >= 11 is 1.64. The molecule has 5 nitrogen and oxygen atoms in total. The molecule has 7 heteroatoms. The number of hydrogen-bond acceptors (Lipinski definition) is 4. The zero-order valence-corrected chi connectivity index (χ0v) is 15.9. The molecule has 2 N–H and O–H groups in total. The van der Waals surface area contributed by atoms with Crippen LogP contribution in [0.5, 0.6) is 0 Å². The molecule has 0 radical (unpaired) electrons. The van der Waals surface area contributed by atoms with Gasteiger partial charge in [0.2, 0.25) is 0 Å². The first-order chi connectivity index (χ1) is 12.2. The summed E-state index contributed by atoms with van der Waals surface area (Å²) in [5, 5.41) is 6.66. The van der Waals surface area contributed by atoms with E-state index in [9.17, 15) is 4.79 Å². The number of hydrogen-bond donors (Lipinski definition) is 1. The first kappa shape index (κ1) is 18.6. The van der Waals surface area contributed by atoms with Crippen molar-refractivity contribution in [2.45, 2.75) is 18.9 Å². The largest absolute Gasteiger partial charge is 0.336 e. The van der Waals surface area contributed by atoms with Gasteiger partial charge in [0.05, 0.1) is 16.3 Å². The molecule has 1 saturated heterocycles. The number of para-hydroxylation sites is 1. The molecule has 0 saturated carbocycles. The fourth-order valence-electron chi connectivity index (χ4n) is 3.21. The van der Waals surface area contributed by atoms with Crippen molar-refractivity contribution in [1.29, 1.82) is 0 Å². The lowest BCUT2D eigenvalue weighted by atomic mass is 10.1. The lowest BCUT2D eigenvalue weighted by Crippen LogP contribution is -2.45. The van der Waals surface area contributed by atoms with Gasteiger partial charge in [-0.3, -0.25) is 4.79 Å². The van der Waals surface area contributed by atoms with Gasteiger partial charge in [0.25, 0.3) is 5.91 Å². The third-order valence-corrected chi connectivity index (χ3v) is 5.34. The van der Waals surface area contributed by atoms with Crippen molar-refractivity contribution >= 4 is 29.7 Å². The van der Waals surface area contributed by atoms with Crippen LogP contribution in [-0.4, -0.2) is 39.7 Å². The van der Waals surface area contributed by atoms with E-state index in [1.807, 2.05) is 63.5 Å². The van der Waals surface area contributed by atoms with Crippen LogP contribution in [0.15, 0.2) is 53.9 Å². The molecule has 1 aromatic carbocycles. The molecule has 1 atom stereocenters. The molecule has 1 amide bonds. The Kier molecular flexibility index (Phi) is 5.76. The first-order valence-electron chi connectivity index (χ1n) is 8.46. The van der Waals surface area contributed by atoms with Gasteiger partial charge in [-0.2, -0.15) is 5.10 Å². The molecule has 1 aliphatic rings. The molecular formula is C19H21ClN4OS. The number of carbonyl (C=O) groups is 1. The topological polar surface area (TPSA) is 64.2 Å².